The Morgan fingerprint density at radius 1 is 1.19 bits per heavy atom. The highest BCUT2D eigenvalue weighted by Gasteiger charge is 2.10. The second-order valence-electron chi connectivity index (χ2n) is 5.86. The van der Waals surface area contributed by atoms with Gasteiger partial charge in [-0.1, -0.05) is 6.07 Å². The molecule has 1 aromatic heterocycles. The average molecular weight is 352 g/mol. The van der Waals surface area contributed by atoms with Crippen molar-refractivity contribution in [1.82, 2.24) is 20.2 Å². The predicted octanol–water partition coefficient (Wildman–Crippen LogP) is 2.05. The van der Waals surface area contributed by atoms with Crippen LogP contribution in [0.1, 0.15) is 0 Å². The average Bonchev–Trinajstić information content (AvgIpc) is 3.10. The molecule has 3 aromatic rings. The third-order valence-electron chi connectivity index (χ3n) is 3.73. The van der Waals surface area contributed by atoms with E-state index in [0.29, 0.717) is 17.3 Å². The Labute approximate surface area is 151 Å². The zero-order chi connectivity index (χ0) is 18.5. The van der Waals surface area contributed by atoms with Crippen LogP contribution in [0.2, 0.25) is 0 Å². The number of nitrogens with one attached hydrogen (secondary N) is 1. The molecule has 0 bridgehead atoms. The fourth-order valence-corrected chi connectivity index (χ4v) is 2.36. The Hall–Kier alpha value is -3.42. The van der Waals surface area contributed by atoms with Gasteiger partial charge in [-0.05, 0) is 41.6 Å². The summed E-state index contributed by atoms with van der Waals surface area (Å²) in [6, 6.07) is 14.9. The van der Waals surface area contributed by atoms with E-state index in [9.17, 15) is 4.79 Å². The first-order valence-corrected chi connectivity index (χ1v) is 8.04. The van der Waals surface area contributed by atoms with Crippen LogP contribution in [0.3, 0.4) is 0 Å². The van der Waals surface area contributed by atoms with Gasteiger partial charge in [-0.25, -0.2) is 0 Å². The molecule has 0 atom stereocenters. The molecule has 1 N–H and O–H groups in total. The lowest BCUT2D eigenvalue weighted by atomic mass is 10.2. The molecule has 0 aliphatic rings. The van der Waals surface area contributed by atoms with Crippen LogP contribution in [-0.4, -0.2) is 47.3 Å². The number of hydrogen-bond acceptors (Lipinski definition) is 6. The number of anilines is 2. The second kappa shape index (κ2) is 7.64. The van der Waals surface area contributed by atoms with Crippen molar-refractivity contribution in [1.29, 1.82) is 0 Å². The minimum Gasteiger partial charge on any atom is -0.497 e. The van der Waals surface area contributed by atoms with Crippen molar-refractivity contribution in [3.8, 4) is 17.1 Å². The predicted molar refractivity (Wildman–Crippen MR) is 99.2 cm³/mol. The summed E-state index contributed by atoms with van der Waals surface area (Å²) in [6.45, 7) is -0.0278. The lowest BCUT2D eigenvalue weighted by Crippen LogP contribution is -2.20. The zero-order valence-corrected chi connectivity index (χ0v) is 14.9. The molecule has 0 saturated heterocycles. The molecule has 0 aliphatic carbocycles. The summed E-state index contributed by atoms with van der Waals surface area (Å²) in [5.41, 5.74) is 2.57. The van der Waals surface area contributed by atoms with Gasteiger partial charge in [0, 0.05) is 37.1 Å². The van der Waals surface area contributed by atoms with Gasteiger partial charge in [0.25, 0.3) is 0 Å². The van der Waals surface area contributed by atoms with Crippen molar-refractivity contribution >= 4 is 17.3 Å². The van der Waals surface area contributed by atoms with E-state index in [0.717, 1.165) is 11.3 Å². The van der Waals surface area contributed by atoms with E-state index < -0.39 is 0 Å². The summed E-state index contributed by atoms with van der Waals surface area (Å²) in [5, 5.41) is 15.0. The fraction of sp³-hybridized carbons (Fsp3) is 0.222. The van der Waals surface area contributed by atoms with Crippen LogP contribution in [0.15, 0.2) is 48.5 Å². The number of nitrogens with zero attached hydrogens (tertiary/aromatic N) is 5. The molecular formula is C18H20N6O2. The number of methoxy groups -OCH3 is 1. The molecule has 0 fully saturated rings. The van der Waals surface area contributed by atoms with E-state index in [4.69, 9.17) is 4.74 Å². The van der Waals surface area contributed by atoms with Crippen molar-refractivity contribution in [2.24, 2.45) is 0 Å². The van der Waals surface area contributed by atoms with E-state index >= 15 is 0 Å². The summed E-state index contributed by atoms with van der Waals surface area (Å²) in [5.74, 6) is 0.903. The number of benzene rings is 2. The molecule has 8 nitrogen and oxygen atoms in total. The Morgan fingerprint density at radius 2 is 1.96 bits per heavy atom. The lowest BCUT2D eigenvalue weighted by molar-refractivity contribution is -0.117. The van der Waals surface area contributed by atoms with Crippen molar-refractivity contribution in [3.63, 3.8) is 0 Å². The van der Waals surface area contributed by atoms with Crippen molar-refractivity contribution in [2.45, 2.75) is 6.54 Å². The standard InChI is InChI=1S/C18H20N6O2/c1-23(2)15-9-7-13(8-10-15)18-20-22-24(21-18)12-17(25)19-14-5-4-6-16(11-14)26-3/h4-11H,12H2,1-3H3,(H,19,25). The van der Waals surface area contributed by atoms with Crippen LogP contribution in [0, 0.1) is 0 Å². The Kier molecular flexibility index (Phi) is 5.12. The van der Waals surface area contributed by atoms with E-state index in [1.54, 1.807) is 25.3 Å². The van der Waals surface area contributed by atoms with Gasteiger partial charge in [-0.15, -0.1) is 10.2 Å². The van der Waals surface area contributed by atoms with Gasteiger partial charge in [0.2, 0.25) is 11.7 Å². The minimum absolute atomic E-state index is 0.0278. The van der Waals surface area contributed by atoms with Crippen LogP contribution in [0.4, 0.5) is 11.4 Å². The van der Waals surface area contributed by atoms with Gasteiger partial charge < -0.3 is 15.0 Å². The molecule has 1 amide bonds. The molecule has 0 radical (unpaired) electrons. The maximum absolute atomic E-state index is 12.2. The van der Waals surface area contributed by atoms with E-state index in [2.05, 4.69) is 20.7 Å². The first-order chi connectivity index (χ1) is 12.5. The van der Waals surface area contributed by atoms with Gasteiger partial charge in [0.05, 0.1) is 7.11 Å². The molecule has 0 spiro atoms. The third kappa shape index (κ3) is 4.15. The van der Waals surface area contributed by atoms with Gasteiger partial charge in [-0.2, -0.15) is 4.80 Å². The molecule has 3 rings (SSSR count). The Balaban J connectivity index is 1.65. The molecule has 8 heteroatoms. The maximum Gasteiger partial charge on any atom is 0.248 e. The number of carbonyl (C=O) groups excluding carboxylic acids is 1. The first-order valence-electron chi connectivity index (χ1n) is 8.04. The highest BCUT2D eigenvalue weighted by molar-refractivity contribution is 5.90. The van der Waals surface area contributed by atoms with Crippen molar-refractivity contribution < 1.29 is 9.53 Å². The minimum atomic E-state index is -0.245. The molecule has 2 aromatic carbocycles. The highest BCUT2D eigenvalue weighted by atomic mass is 16.5. The molecular weight excluding hydrogens is 332 g/mol. The fourth-order valence-electron chi connectivity index (χ4n) is 2.36. The summed E-state index contributed by atoms with van der Waals surface area (Å²) in [6.07, 6.45) is 0. The molecule has 0 saturated carbocycles. The maximum atomic E-state index is 12.2. The number of carbonyl (C=O) groups is 1. The summed E-state index contributed by atoms with van der Waals surface area (Å²) >= 11 is 0. The number of amides is 1. The lowest BCUT2D eigenvalue weighted by Gasteiger charge is -2.11. The normalized spacial score (nSPS) is 10.4. The van der Waals surface area contributed by atoms with Gasteiger partial charge in [-0.3, -0.25) is 4.79 Å². The quantitative estimate of drug-likeness (QED) is 0.731. The summed E-state index contributed by atoms with van der Waals surface area (Å²) in [4.78, 5) is 15.4. The molecule has 0 aliphatic heterocycles. The largest absolute Gasteiger partial charge is 0.497 e. The summed E-state index contributed by atoms with van der Waals surface area (Å²) in [7, 11) is 5.53. The van der Waals surface area contributed by atoms with Crippen LogP contribution in [0.5, 0.6) is 5.75 Å². The SMILES string of the molecule is COc1cccc(NC(=O)Cn2nnc(-c3ccc(N(C)C)cc3)n2)c1. The smallest absolute Gasteiger partial charge is 0.248 e. The van der Waals surface area contributed by atoms with E-state index in [1.165, 1.54) is 4.80 Å². The number of tetrazole rings is 1. The van der Waals surface area contributed by atoms with Crippen molar-refractivity contribution in [3.05, 3.63) is 48.5 Å². The molecule has 1 heterocycles. The first kappa shape index (κ1) is 17.4. The second-order valence-corrected chi connectivity index (χ2v) is 5.86. The van der Waals surface area contributed by atoms with E-state index in [1.807, 2.05) is 49.3 Å². The zero-order valence-electron chi connectivity index (χ0n) is 14.9. The van der Waals surface area contributed by atoms with Gasteiger partial charge in [0.1, 0.15) is 12.3 Å². The Bertz CT molecular complexity index is 889. The van der Waals surface area contributed by atoms with Crippen molar-refractivity contribution in [2.75, 3.05) is 31.4 Å². The number of ether oxygens (including phenoxy) is 1. The third-order valence-corrected chi connectivity index (χ3v) is 3.73. The number of aromatic nitrogens is 4. The topological polar surface area (TPSA) is 85.2 Å². The number of rotatable bonds is 6. The number of hydrogen-bond donors (Lipinski definition) is 1. The van der Waals surface area contributed by atoms with Gasteiger partial charge in [0.15, 0.2) is 0 Å². The summed E-state index contributed by atoms with van der Waals surface area (Å²) < 4.78 is 5.14. The van der Waals surface area contributed by atoms with Crippen LogP contribution in [0.25, 0.3) is 11.4 Å². The van der Waals surface area contributed by atoms with Crippen LogP contribution >= 0.6 is 0 Å². The van der Waals surface area contributed by atoms with Crippen LogP contribution in [-0.2, 0) is 11.3 Å². The van der Waals surface area contributed by atoms with E-state index in [-0.39, 0.29) is 12.5 Å². The van der Waals surface area contributed by atoms with Gasteiger partial charge >= 0.3 is 0 Å². The van der Waals surface area contributed by atoms with Crippen LogP contribution < -0.4 is 15.0 Å². The Morgan fingerprint density at radius 3 is 2.65 bits per heavy atom. The molecule has 0 unspecified atom stereocenters. The molecule has 134 valence electrons. The monoisotopic (exact) mass is 352 g/mol. The highest BCUT2D eigenvalue weighted by Crippen LogP contribution is 2.19. The molecule has 26 heavy (non-hydrogen) atoms.